The van der Waals surface area contributed by atoms with Crippen molar-refractivity contribution in [2.75, 3.05) is 6.54 Å². The molecule has 1 fully saturated rings. The van der Waals surface area contributed by atoms with Crippen LogP contribution >= 0.6 is 11.3 Å². The molecule has 0 spiro atoms. The zero-order valence-electron chi connectivity index (χ0n) is 8.82. The molecule has 0 aromatic carbocycles. The summed E-state index contributed by atoms with van der Waals surface area (Å²) in [6, 6.07) is 3.72. The number of carbonyl (C=O) groups is 1. The number of hydrogen-bond donors (Lipinski definition) is 2. The minimum Gasteiger partial charge on any atom is -0.345 e. The Bertz CT molecular complexity index is 345. The van der Waals surface area contributed by atoms with Crippen molar-refractivity contribution in [3.63, 3.8) is 0 Å². The monoisotopic (exact) mass is 224 g/mol. The van der Waals surface area contributed by atoms with E-state index in [2.05, 4.69) is 5.32 Å². The van der Waals surface area contributed by atoms with E-state index in [1.54, 1.807) is 0 Å². The van der Waals surface area contributed by atoms with Gasteiger partial charge in [-0.3, -0.25) is 4.79 Å². The number of nitrogens with one attached hydrogen (secondary N) is 1. The van der Waals surface area contributed by atoms with Gasteiger partial charge in [0, 0.05) is 6.54 Å². The SMILES string of the molecule is CC(CN)(NC(=O)c1cccs1)C1CC1. The summed E-state index contributed by atoms with van der Waals surface area (Å²) >= 11 is 1.46. The largest absolute Gasteiger partial charge is 0.345 e. The van der Waals surface area contributed by atoms with E-state index in [0.29, 0.717) is 12.5 Å². The van der Waals surface area contributed by atoms with Crippen LogP contribution in [0.4, 0.5) is 0 Å². The molecule has 3 nitrogen and oxygen atoms in total. The second kappa shape index (κ2) is 3.94. The first-order valence-corrected chi connectivity index (χ1v) is 6.10. The molecule has 0 bridgehead atoms. The van der Waals surface area contributed by atoms with E-state index in [1.807, 2.05) is 24.4 Å². The summed E-state index contributed by atoms with van der Waals surface area (Å²) in [7, 11) is 0. The molecule has 0 radical (unpaired) electrons. The lowest BCUT2D eigenvalue weighted by molar-refractivity contribution is 0.0902. The van der Waals surface area contributed by atoms with Crippen LogP contribution in [-0.4, -0.2) is 18.0 Å². The van der Waals surface area contributed by atoms with Gasteiger partial charge in [-0.05, 0) is 37.1 Å². The van der Waals surface area contributed by atoms with E-state index >= 15 is 0 Å². The molecule has 3 N–H and O–H groups in total. The average molecular weight is 224 g/mol. The molecule has 2 rings (SSSR count). The van der Waals surface area contributed by atoms with Crippen molar-refractivity contribution in [3.05, 3.63) is 22.4 Å². The molecule has 0 aliphatic heterocycles. The summed E-state index contributed by atoms with van der Waals surface area (Å²) in [5, 5.41) is 4.96. The molecule has 15 heavy (non-hydrogen) atoms. The Morgan fingerprint density at radius 3 is 2.93 bits per heavy atom. The van der Waals surface area contributed by atoms with Crippen molar-refractivity contribution in [3.8, 4) is 0 Å². The van der Waals surface area contributed by atoms with Crippen LogP contribution in [0.5, 0.6) is 0 Å². The van der Waals surface area contributed by atoms with E-state index < -0.39 is 0 Å². The second-order valence-electron chi connectivity index (χ2n) is 4.33. The third-order valence-corrected chi connectivity index (χ3v) is 3.92. The molecule has 1 heterocycles. The predicted octanol–water partition coefficient (Wildman–Crippen LogP) is 1.61. The van der Waals surface area contributed by atoms with Gasteiger partial charge in [0.2, 0.25) is 0 Å². The van der Waals surface area contributed by atoms with Gasteiger partial charge in [-0.1, -0.05) is 6.07 Å². The highest BCUT2D eigenvalue weighted by atomic mass is 32.1. The van der Waals surface area contributed by atoms with Gasteiger partial charge in [0.1, 0.15) is 0 Å². The van der Waals surface area contributed by atoms with Crippen LogP contribution in [0.1, 0.15) is 29.4 Å². The Morgan fingerprint density at radius 1 is 1.73 bits per heavy atom. The van der Waals surface area contributed by atoms with Crippen LogP contribution < -0.4 is 11.1 Å². The lowest BCUT2D eigenvalue weighted by Crippen LogP contribution is -2.53. The molecule has 1 unspecified atom stereocenters. The zero-order valence-corrected chi connectivity index (χ0v) is 9.64. The molecule has 82 valence electrons. The third kappa shape index (κ3) is 2.21. The van der Waals surface area contributed by atoms with Gasteiger partial charge in [-0.15, -0.1) is 11.3 Å². The summed E-state index contributed by atoms with van der Waals surface area (Å²) in [5.74, 6) is 0.566. The van der Waals surface area contributed by atoms with E-state index in [1.165, 1.54) is 24.2 Å². The maximum Gasteiger partial charge on any atom is 0.261 e. The van der Waals surface area contributed by atoms with Crippen molar-refractivity contribution in [2.45, 2.75) is 25.3 Å². The standard InChI is InChI=1S/C11H16N2OS/c1-11(7-12,8-4-5-8)13-10(14)9-3-2-6-15-9/h2-3,6,8H,4-5,7,12H2,1H3,(H,13,14). The maximum absolute atomic E-state index is 11.9. The van der Waals surface area contributed by atoms with Gasteiger partial charge >= 0.3 is 0 Å². The minimum absolute atomic E-state index is 0.00449. The van der Waals surface area contributed by atoms with Gasteiger partial charge < -0.3 is 11.1 Å². The summed E-state index contributed by atoms with van der Waals surface area (Å²) in [5.41, 5.74) is 5.52. The third-order valence-electron chi connectivity index (χ3n) is 3.05. The highest BCUT2D eigenvalue weighted by Crippen LogP contribution is 2.39. The lowest BCUT2D eigenvalue weighted by atomic mass is 9.96. The maximum atomic E-state index is 11.9. The fraction of sp³-hybridized carbons (Fsp3) is 0.545. The molecule has 1 saturated carbocycles. The summed E-state index contributed by atoms with van der Waals surface area (Å²) < 4.78 is 0. The Hall–Kier alpha value is -0.870. The van der Waals surface area contributed by atoms with Gasteiger partial charge in [0.15, 0.2) is 0 Å². The molecule has 1 amide bonds. The van der Waals surface area contributed by atoms with Gasteiger partial charge in [-0.2, -0.15) is 0 Å². The van der Waals surface area contributed by atoms with Crippen molar-refractivity contribution >= 4 is 17.2 Å². The molecule has 1 aromatic rings. The Morgan fingerprint density at radius 2 is 2.47 bits per heavy atom. The molecule has 1 atom stereocenters. The second-order valence-corrected chi connectivity index (χ2v) is 5.27. The average Bonchev–Trinajstić information content (AvgIpc) is 2.94. The van der Waals surface area contributed by atoms with Gasteiger partial charge in [-0.25, -0.2) is 0 Å². The summed E-state index contributed by atoms with van der Waals surface area (Å²) in [6.45, 7) is 2.55. The van der Waals surface area contributed by atoms with Crippen LogP contribution in [0.2, 0.25) is 0 Å². The van der Waals surface area contributed by atoms with Gasteiger partial charge in [0.25, 0.3) is 5.91 Å². The van der Waals surface area contributed by atoms with Crippen molar-refractivity contribution in [1.29, 1.82) is 0 Å². The Balaban J connectivity index is 2.04. The zero-order chi connectivity index (χ0) is 10.9. The summed E-state index contributed by atoms with van der Waals surface area (Å²) in [4.78, 5) is 12.6. The molecule has 0 saturated heterocycles. The van der Waals surface area contributed by atoms with E-state index in [0.717, 1.165) is 4.88 Å². The fourth-order valence-corrected chi connectivity index (χ4v) is 2.39. The highest BCUT2D eigenvalue weighted by molar-refractivity contribution is 7.12. The molecule has 4 heteroatoms. The molecule has 1 aromatic heterocycles. The van der Waals surface area contributed by atoms with Crippen LogP contribution in [-0.2, 0) is 0 Å². The van der Waals surface area contributed by atoms with Crippen molar-refractivity contribution < 1.29 is 4.79 Å². The lowest BCUT2D eigenvalue weighted by Gasteiger charge is -2.29. The molecule has 1 aliphatic rings. The first-order valence-electron chi connectivity index (χ1n) is 5.22. The number of rotatable bonds is 4. The topological polar surface area (TPSA) is 55.1 Å². The van der Waals surface area contributed by atoms with E-state index in [9.17, 15) is 4.79 Å². The Labute approximate surface area is 93.7 Å². The van der Waals surface area contributed by atoms with Crippen LogP contribution in [0.3, 0.4) is 0 Å². The number of amides is 1. The van der Waals surface area contributed by atoms with Crippen molar-refractivity contribution in [1.82, 2.24) is 5.32 Å². The Kier molecular flexibility index (Phi) is 2.80. The number of thiophene rings is 1. The smallest absolute Gasteiger partial charge is 0.261 e. The van der Waals surface area contributed by atoms with Crippen LogP contribution in [0, 0.1) is 5.92 Å². The minimum atomic E-state index is -0.221. The highest BCUT2D eigenvalue weighted by Gasteiger charge is 2.41. The summed E-state index contributed by atoms with van der Waals surface area (Å²) in [6.07, 6.45) is 2.36. The van der Waals surface area contributed by atoms with E-state index in [-0.39, 0.29) is 11.4 Å². The normalized spacial score (nSPS) is 19.6. The molecule has 1 aliphatic carbocycles. The number of nitrogens with two attached hydrogens (primary N) is 1. The fourth-order valence-electron chi connectivity index (χ4n) is 1.77. The van der Waals surface area contributed by atoms with E-state index in [4.69, 9.17) is 5.73 Å². The number of hydrogen-bond acceptors (Lipinski definition) is 3. The van der Waals surface area contributed by atoms with Gasteiger partial charge in [0.05, 0.1) is 10.4 Å². The first-order chi connectivity index (χ1) is 7.15. The van der Waals surface area contributed by atoms with Crippen LogP contribution in [0.25, 0.3) is 0 Å². The molecular formula is C11H16N2OS. The number of carbonyl (C=O) groups excluding carboxylic acids is 1. The molecular weight excluding hydrogens is 208 g/mol. The first kappa shape index (κ1) is 10.6. The quantitative estimate of drug-likeness (QED) is 0.816. The predicted molar refractivity (Wildman–Crippen MR) is 62.0 cm³/mol. The van der Waals surface area contributed by atoms with Crippen LogP contribution in [0.15, 0.2) is 17.5 Å². The van der Waals surface area contributed by atoms with Crippen molar-refractivity contribution in [2.24, 2.45) is 11.7 Å².